The van der Waals surface area contributed by atoms with Gasteiger partial charge in [-0.25, -0.2) is 12.8 Å². The molecule has 26 heavy (non-hydrogen) atoms. The van der Waals surface area contributed by atoms with Crippen molar-refractivity contribution in [3.05, 3.63) is 71.2 Å². The van der Waals surface area contributed by atoms with Gasteiger partial charge in [0.05, 0.1) is 11.3 Å². The van der Waals surface area contributed by atoms with E-state index in [1.54, 1.807) is 0 Å². The van der Waals surface area contributed by atoms with Crippen molar-refractivity contribution in [2.24, 2.45) is 0 Å². The summed E-state index contributed by atoms with van der Waals surface area (Å²) in [7, 11) is -3.20. The van der Waals surface area contributed by atoms with Crippen LogP contribution < -0.4 is 5.32 Å². The summed E-state index contributed by atoms with van der Waals surface area (Å²) in [6.07, 6.45) is 1.98. The Balaban J connectivity index is 1.94. The zero-order valence-electron chi connectivity index (χ0n) is 14.8. The summed E-state index contributed by atoms with van der Waals surface area (Å²) < 4.78 is 37.0. The fraction of sp³-hybridized carbons (Fsp3) is 0.250. The molecule has 0 aliphatic heterocycles. The molecule has 1 N–H and O–H groups in total. The van der Waals surface area contributed by atoms with Crippen LogP contribution in [0.5, 0.6) is 0 Å². The lowest BCUT2D eigenvalue weighted by Gasteiger charge is -2.14. The molecule has 0 fully saturated rings. The maximum absolute atomic E-state index is 13.7. The second-order valence-electron chi connectivity index (χ2n) is 6.37. The Morgan fingerprint density at radius 3 is 2.58 bits per heavy atom. The molecule has 0 saturated heterocycles. The van der Waals surface area contributed by atoms with Crippen molar-refractivity contribution >= 4 is 26.4 Å². The summed E-state index contributed by atoms with van der Waals surface area (Å²) in [5, 5.41) is 4.31. The van der Waals surface area contributed by atoms with Crippen molar-refractivity contribution in [1.82, 2.24) is 4.98 Å². The number of sulfone groups is 1. The monoisotopic (exact) mass is 372 g/mol. The standard InChI is InChI=1S/C20H21FN2O2S/c1-3-17-11-20(18-6-4-5-7-19(18)23-17)22-12-15-10-16(21)9-8-14(15)13-26(2,24)25/h4-11H,3,12-13H2,1-2H3,(H,22,23). The highest BCUT2D eigenvalue weighted by molar-refractivity contribution is 7.89. The van der Waals surface area contributed by atoms with Gasteiger partial charge in [0, 0.05) is 29.6 Å². The molecule has 0 radical (unpaired) electrons. The predicted molar refractivity (Wildman–Crippen MR) is 103 cm³/mol. The van der Waals surface area contributed by atoms with Gasteiger partial charge in [-0.15, -0.1) is 0 Å². The smallest absolute Gasteiger partial charge is 0.151 e. The normalized spacial score (nSPS) is 11.7. The number of benzene rings is 2. The molecule has 0 aliphatic rings. The second kappa shape index (κ2) is 7.41. The van der Waals surface area contributed by atoms with E-state index in [1.807, 2.05) is 37.3 Å². The molecule has 3 rings (SSSR count). The number of hydrogen-bond acceptors (Lipinski definition) is 4. The van der Waals surface area contributed by atoms with Gasteiger partial charge in [0.1, 0.15) is 5.82 Å². The Morgan fingerprint density at radius 1 is 1.08 bits per heavy atom. The lowest BCUT2D eigenvalue weighted by atomic mass is 10.1. The van der Waals surface area contributed by atoms with E-state index in [9.17, 15) is 12.8 Å². The van der Waals surface area contributed by atoms with E-state index in [1.165, 1.54) is 24.5 Å². The van der Waals surface area contributed by atoms with Gasteiger partial charge in [0.15, 0.2) is 9.84 Å². The SMILES string of the molecule is CCc1cc(NCc2cc(F)ccc2CS(C)(=O)=O)c2ccccc2n1. The molecule has 1 aromatic heterocycles. The highest BCUT2D eigenvalue weighted by atomic mass is 32.2. The summed E-state index contributed by atoms with van der Waals surface area (Å²) >= 11 is 0. The first-order chi connectivity index (χ1) is 12.4. The first kappa shape index (κ1) is 18.3. The zero-order valence-corrected chi connectivity index (χ0v) is 15.6. The van der Waals surface area contributed by atoms with Gasteiger partial charge in [-0.2, -0.15) is 0 Å². The van der Waals surface area contributed by atoms with Gasteiger partial charge in [-0.1, -0.05) is 31.2 Å². The van der Waals surface area contributed by atoms with E-state index in [0.29, 0.717) is 17.7 Å². The maximum atomic E-state index is 13.7. The first-order valence-corrected chi connectivity index (χ1v) is 10.5. The van der Waals surface area contributed by atoms with Crippen molar-refractivity contribution in [3.63, 3.8) is 0 Å². The van der Waals surface area contributed by atoms with E-state index < -0.39 is 9.84 Å². The van der Waals surface area contributed by atoms with Gasteiger partial charge >= 0.3 is 0 Å². The van der Waals surface area contributed by atoms with Crippen LogP contribution in [0.1, 0.15) is 23.7 Å². The Kier molecular flexibility index (Phi) is 5.23. The third kappa shape index (κ3) is 4.38. The summed E-state index contributed by atoms with van der Waals surface area (Å²) in [5.74, 6) is -0.491. The Hall–Kier alpha value is -2.47. The van der Waals surface area contributed by atoms with Crippen molar-refractivity contribution in [3.8, 4) is 0 Å². The van der Waals surface area contributed by atoms with Gasteiger partial charge in [-0.05, 0) is 41.8 Å². The van der Waals surface area contributed by atoms with Crippen LogP contribution in [0, 0.1) is 5.82 Å². The van der Waals surface area contributed by atoms with E-state index >= 15 is 0 Å². The molecule has 0 unspecified atom stereocenters. The number of para-hydroxylation sites is 1. The minimum Gasteiger partial charge on any atom is -0.380 e. The molecule has 2 aromatic carbocycles. The molecule has 136 valence electrons. The van der Waals surface area contributed by atoms with Crippen LogP contribution in [0.25, 0.3) is 10.9 Å². The number of anilines is 1. The molecular formula is C20H21FN2O2S. The lowest BCUT2D eigenvalue weighted by Crippen LogP contribution is -2.08. The number of rotatable bonds is 6. The maximum Gasteiger partial charge on any atom is 0.151 e. The largest absolute Gasteiger partial charge is 0.380 e. The van der Waals surface area contributed by atoms with Crippen LogP contribution in [0.3, 0.4) is 0 Å². The minimum absolute atomic E-state index is 0.110. The summed E-state index contributed by atoms with van der Waals surface area (Å²) in [6, 6.07) is 14.0. The molecule has 3 aromatic rings. The van der Waals surface area contributed by atoms with E-state index in [0.717, 1.165) is 28.7 Å². The van der Waals surface area contributed by atoms with Crippen LogP contribution in [0.2, 0.25) is 0 Å². The lowest BCUT2D eigenvalue weighted by molar-refractivity contribution is 0.600. The molecule has 0 bridgehead atoms. The van der Waals surface area contributed by atoms with E-state index in [2.05, 4.69) is 10.3 Å². The summed E-state index contributed by atoms with van der Waals surface area (Å²) in [4.78, 5) is 4.61. The van der Waals surface area contributed by atoms with Crippen molar-refractivity contribution < 1.29 is 12.8 Å². The fourth-order valence-corrected chi connectivity index (χ4v) is 3.78. The molecule has 1 heterocycles. The van der Waals surface area contributed by atoms with Crippen molar-refractivity contribution in [1.29, 1.82) is 0 Å². The van der Waals surface area contributed by atoms with Crippen LogP contribution in [0.4, 0.5) is 10.1 Å². The number of halogens is 1. The highest BCUT2D eigenvalue weighted by Gasteiger charge is 2.11. The molecule has 0 saturated carbocycles. The highest BCUT2D eigenvalue weighted by Crippen LogP contribution is 2.25. The molecule has 0 spiro atoms. The molecule has 0 atom stereocenters. The summed E-state index contributed by atoms with van der Waals surface area (Å²) in [5.41, 5.74) is 4.00. The number of nitrogens with one attached hydrogen (secondary N) is 1. The van der Waals surface area contributed by atoms with Crippen molar-refractivity contribution in [2.45, 2.75) is 25.6 Å². The van der Waals surface area contributed by atoms with Crippen LogP contribution >= 0.6 is 0 Å². The third-order valence-corrected chi connectivity index (χ3v) is 5.02. The Bertz CT molecular complexity index is 1050. The van der Waals surface area contributed by atoms with Crippen LogP contribution in [-0.4, -0.2) is 19.7 Å². The Morgan fingerprint density at radius 2 is 1.85 bits per heavy atom. The Labute approximate surface area is 153 Å². The average molecular weight is 372 g/mol. The average Bonchev–Trinajstić information content (AvgIpc) is 2.60. The van der Waals surface area contributed by atoms with Gasteiger partial charge in [0.2, 0.25) is 0 Å². The molecule has 4 nitrogen and oxygen atoms in total. The number of fused-ring (bicyclic) bond motifs is 1. The van der Waals surface area contributed by atoms with Gasteiger partial charge in [0.25, 0.3) is 0 Å². The second-order valence-corrected chi connectivity index (χ2v) is 8.51. The van der Waals surface area contributed by atoms with Gasteiger partial charge < -0.3 is 5.32 Å². The molecule has 6 heteroatoms. The van der Waals surface area contributed by atoms with Crippen molar-refractivity contribution in [2.75, 3.05) is 11.6 Å². The first-order valence-electron chi connectivity index (χ1n) is 8.43. The summed E-state index contributed by atoms with van der Waals surface area (Å²) in [6.45, 7) is 2.37. The number of pyridine rings is 1. The fourth-order valence-electron chi connectivity index (χ4n) is 2.93. The van der Waals surface area contributed by atoms with Gasteiger partial charge in [-0.3, -0.25) is 4.98 Å². The van der Waals surface area contributed by atoms with E-state index in [4.69, 9.17) is 0 Å². The zero-order chi connectivity index (χ0) is 18.7. The van der Waals surface area contributed by atoms with Crippen LogP contribution in [0.15, 0.2) is 48.5 Å². The quantitative estimate of drug-likeness (QED) is 0.708. The number of hydrogen-bond donors (Lipinski definition) is 1. The van der Waals surface area contributed by atoms with Crippen LogP contribution in [-0.2, 0) is 28.6 Å². The molecular weight excluding hydrogens is 351 g/mol. The predicted octanol–water partition coefficient (Wildman–Crippen LogP) is 4.09. The molecule has 0 amide bonds. The minimum atomic E-state index is -3.20. The third-order valence-electron chi connectivity index (χ3n) is 4.19. The van der Waals surface area contributed by atoms with E-state index in [-0.39, 0.29) is 11.6 Å². The number of aryl methyl sites for hydroxylation is 1. The molecule has 0 aliphatic carbocycles. The number of nitrogens with zero attached hydrogens (tertiary/aromatic N) is 1. The topological polar surface area (TPSA) is 59.1 Å². The number of aromatic nitrogens is 1.